The lowest BCUT2D eigenvalue weighted by Crippen LogP contribution is -2.27. The van der Waals surface area contributed by atoms with E-state index in [1.54, 1.807) is 0 Å². The molecule has 0 aliphatic carbocycles. The Morgan fingerprint density at radius 2 is 2.19 bits per heavy atom. The van der Waals surface area contributed by atoms with Crippen molar-refractivity contribution in [3.8, 4) is 0 Å². The van der Waals surface area contributed by atoms with Crippen molar-refractivity contribution in [2.45, 2.75) is 52.6 Å². The van der Waals surface area contributed by atoms with E-state index in [0.29, 0.717) is 6.04 Å². The molecule has 0 saturated heterocycles. The lowest BCUT2D eigenvalue weighted by atomic mass is 9.98. The predicted octanol–water partition coefficient (Wildman–Crippen LogP) is 2.47. The molecule has 0 aromatic carbocycles. The van der Waals surface area contributed by atoms with Crippen LogP contribution < -0.4 is 5.32 Å². The first-order chi connectivity index (χ1) is 7.65. The molecular formula is C13H25N3. The largest absolute Gasteiger partial charge is 0.317 e. The van der Waals surface area contributed by atoms with E-state index < -0.39 is 0 Å². The maximum absolute atomic E-state index is 4.30. The highest BCUT2D eigenvalue weighted by Crippen LogP contribution is 2.11. The maximum Gasteiger partial charge on any atom is 0.0521 e. The first kappa shape index (κ1) is 13.2. The summed E-state index contributed by atoms with van der Waals surface area (Å²) in [4.78, 5) is 0. The number of nitrogens with zero attached hydrogens (tertiary/aromatic N) is 2. The third kappa shape index (κ3) is 4.35. The van der Waals surface area contributed by atoms with E-state index in [4.69, 9.17) is 0 Å². The Labute approximate surface area is 99.2 Å². The molecule has 0 fully saturated rings. The fourth-order valence-corrected chi connectivity index (χ4v) is 2.00. The van der Waals surface area contributed by atoms with E-state index in [0.717, 1.165) is 18.9 Å². The van der Waals surface area contributed by atoms with Crippen LogP contribution >= 0.6 is 0 Å². The van der Waals surface area contributed by atoms with Crippen molar-refractivity contribution in [3.63, 3.8) is 0 Å². The second-order valence-corrected chi connectivity index (χ2v) is 4.86. The van der Waals surface area contributed by atoms with Crippen LogP contribution in [0.3, 0.4) is 0 Å². The summed E-state index contributed by atoms with van der Waals surface area (Å²) in [5.74, 6) is 0.760. The first-order valence-corrected chi connectivity index (χ1v) is 6.34. The van der Waals surface area contributed by atoms with Gasteiger partial charge in [0.2, 0.25) is 0 Å². The van der Waals surface area contributed by atoms with Crippen molar-refractivity contribution in [1.29, 1.82) is 0 Å². The Morgan fingerprint density at radius 1 is 1.44 bits per heavy atom. The zero-order chi connectivity index (χ0) is 12.0. The van der Waals surface area contributed by atoms with E-state index in [-0.39, 0.29) is 0 Å². The van der Waals surface area contributed by atoms with Crippen LogP contribution in [-0.2, 0) is 13.0 Å². The van der Waals surface area contributed by atoms with Gasteiger partial charge in [-0.2, -0.15) is 5.10 Å². The Morgan fingerprint density at radius 3 is 2.69 bits per heavy atom. The molecule has 3 nitrogen and oxygen atoms in total. The maximum atomic E-state index is 4.30. The molecule has 1 unspecified atom stereocenters. The Bertz CT molecular complexity index is 291. The fourth-order valence-electron chi connectivity index (χ4n) is 2.00. The van der Waals surface area contributed by atoms with Gasteiger partial charge in [0.1, 0.15) is 0 Å². The molecule has 1 rings (SSSR count). The van der Waals surface area contributed by atoms with Crippen molar-refractivity contribution in [2.75, 3.05) is 7.05 Å². The molecule has 1 N–H and O–H groups in total. The quantitative estimate of drug-likeness (QED) is 0.769. The van der Waals surface area contributed by atoms with Crippen LogP contribution in [0, 0.1) is 5.92 Å². The van der Waals surface area contributed by atoms with Crippen molar-refractivity contribution in [3.05, 3.63) is 18.0 Å². The second kappa shape index (κ2) is 6.69. The van der Waals surface area contributed by atoms with Gasteiger partial charge in [0, 0.05) is 18.8 Å². The number of rotatable bonds is 7. The Kier molecular flexibility index (Phi) is 5.53. The molecule has 0 radical (unpaired) electrons. The Balaban J connectivity index is 2.36. The monoisotopic (exact) mass is 223 g/mol. The van der Waals surface area contributed by atoms with Gasteiger partial charge in [-0.25, -0.2) is 0 Å². The predicted molar refractivity (Wildman–Crippen MR) is 68.5 cm³/mol. The molecule has 1 aromatic heterocycles. The molecule has 0 spiro atoms. The molecule has 0 amide bonds. The van der Waals surface area contributed by atoms with Crippen LogP contribution in [0.15, 0.2) is 12.4 Å². The minimum atomic E-state index is 0.630. The number of nitrogens with one attached hydrogen (secondary N) is 1. The molecule has 0 aliphatic rings. The highest BCUT2D eigenvalue weighted by Gasteiger charge is 2.09. The van der Waals surface area contributed by atoms with Crippen LogP contribution in [0.2, 0.25) is 0 Å². The molecule has 3 heteroatoms. The van der Waals surface area contributed by atoms with Gasteiger partial charge in [-0.1, -0.05) is 13.8 Å². The van der Waals surface area contributed by atoms with E-state index >= 15 is 0 Å². The molecule has 1 atom stereocenters. The molecule has 1 heterocycles. The highest BCUT2D eigenvalue weighted by molar-refractivity contribution is 5.04. The second-order valence-electron chi connectivity index (χ2n) is 4.86. The summed E-state index contributed by atoms with van der Waals surface area (Å²) in [7, 11) is 2.06. The highest BCUT2D eigenvalue weighted by atomic mass is 15.3. The summed E-state index contributed by atoms with van der Waals surface area (Å²) in [5, 5.41) is 7.69. The van der Waals surface area contributed by atoms with E-state index in [9.17, 15) is 0 Å². The summed E-state index contributed by atoms with van der Waals surface area (Å²) in [6.07, 6.45) is 7.72. The van der Waals surface area contributed by atoms with Crippen molar-refractivity contribution < 1.29 is 0 Å². The summed E-state index contributed by atoms with van der Waals surface area (Å²) >= 11 is 0. The number of aromatic nitrogens is 2. The molecule has 0 aliphatic heterocycles. The lowest BCUT2D eigenvalue weighted by Gasteiger charge is -2.17. The summed E-state index contributed by atoms with van der Waals surface area (Å²) in [6.45, 7) is 7.63. The fraction of sp³-hybridized carbons (Fsp3) is 0.769. The van der Waals surface area contributed by atoms with Crippen molar-refractivity contribution >= 4 is 0 Å². The molecule has 0 saturated carbocycles. The van der Waals surface area contributed by atoms with E-state index in [2.05, 4.69) is 44.4 Å². The average molecular weight is 223 g/mol. The minimum Gasteiger partial charge on any atom is -0.317 e. The summed E-state index contributed by atoms with van der Waals surface area (Å²) < 4.78 is 1.99. The molecule has 1 aromatic rings. The normalized spacial score (nSPS) is 13.3. The van der Waals surface area contributed by atoms with Gasteiger partial charge in [0.05, 0.1) is 6.20 Å². The molecule has 92 valence electrons. The molecule has 0 bridgehead atoms. The van der Waals surface area contributed by atoms with Gasteiger partial charge in [0.15, 0.2) is 0 Å². The zero-order valence-corrected chi connectivity index (χ0v) is 11.0. The molecular weight excluding hydrogens is 198 g/mol. The summed E-state index contributed by atoms with van der Waals surface area (Å²) in [5.41, 5.74) is 1.35. The van der Waals surface area contributed by atoms with E-state index in [1.807, 2.05) is 10.9 Å². The van der Waals surface area contributed by atoms with Crippen LogP contribution in [0.5, 0.6) is 0 Å². The zero-order valence-electron chi connectivity index (χ0n) is 11.0. The lowest BCUT2D eigenvalue weighted by molar-refractivity contribution is 0.422. The van der Waals surface area contributed by atoms with E-state index in [1.165, 1.54) is 18.4 Å². The van der Waals surface area contributed by atoms with Crippen molar-refractivity contribution in [2.24, 2.45) is 5.92 Å². The first-order valence-electron chi connectivity index (χ1n) is 6.34. The van der Waals surface area contributed by atoms with Gasteiger partial charge >= 0.3 is 0 Å². The van der Waals surface area contributed by atoms with Gasteiger partial charge in [-0.15, -0.1) is 0 Å². The van der Waals surface area contributed by atoms with Gasteiger partial charge in [-0.3, -0.25) is 4.68 Å². The van der Waals surface area contributed by atoms with Crippen LogP contribution in [0.25, 0.3) is 0 Å². The van der Waals surface area contributed by atoms with Crippen LogP contribution in [0.1, 0.15) is 39.2 Å². The minimum absolute atomic E-state index is 0.630. The number of hydrogen-bond acceptors (Lipinski definition) is 2. The topological polar surface area (TPSA) is 29.9 Å². The SMILES string of the molecule is CCn1cc(CCC(CC(C)C)NC)cn1. The van der Waals surface area contributed by atoms with Gasteiger partial charge in [-0.05, 0) is 44.7 Å². The van der Waals surface area contributed by atoms with Gasteiger partial charge in [0.25, 0.3) is 0 Å². The number of aryl methyl sites for hydroxylation is 2. The Hall–Kier alpha value is -0.830. The molecule has 16 heavy (non-hydrogen) atoms. The van der Waals surface area contributed by atoms with Crippen molar-refractivity contribution in [1.82, 2.24) is 15.1 Å². The smallest absolute Gasteiger partial charge is 0.0521 e. The standard InChI is InChI=1S/C13H25N3/c1-5-16-10-12(9-15-16)6-7-13(14-4)8-11(2)3/h9-11,13-14H,5-8H2,1-4H3. The third-order valence-electron chi connectivity index (χ3n) is 2.96. The third-order valence-corrected chi connectivity index (χ3v) is 2.96. The average Bonchev–Trinajstić information content (AvgIpc) is 2.71. The number of hydrogen-bond donors (Lipinski definition) is 1. The van der Waals surface area contributed by atoms with Crippen LogP contribution in [0.4, 0.5) is 0 Å². The van der Waals surface area contributed by atoms with Gasteiger partial charge < -0.3 is 5.32 Å². The summed E-state index contributed by atoms with van der Waals surface area (Å²) in [6, 6.07) is 0.630. The van der Waals surface area contributed by atoms with Crippen LogP contribution in [-0.4, -0.2) is 22.9 Å².